The predicted molar refractivity (Wildman–Crippen MR) is 126 cm³/mol. The summed E-state index contributed by atoms with van der Waals surface area (Å²) >= 11 is 4.03. The molecule has 0 aliphatic carbocycles. The van der Waals surface area contributed by atoms with Gasteiger partial charge in [0.15, 0.2) is 0 Å². The molecule has 31 heavy (non-hydrogen) atoms. The maximum atomic E-state index is 13.0. The number of halogens is 1. The Bertz CT molecular complexity index is 1270. The van der Waals surface area contributed by atoms with Crippen LogP contribution in [-0.2, 0) is 14.8 Å². The molecule has 0 saturated carbocycles. The van der Waals surface area contributed by atoms with Crippen LogP contribution >= 0.6 is 11.6 Å². The van der Waals surface area contributed by atoms with Crippen LogP contribution < -0.4 is 10.0 Å². The van der Waals surface area contributed by atoms with Crippen molar-refractivity contribution in [3.8, 4) is 0 Å². The van der Waals surface area contributed by atoms with Crippen molar-refractivity contribution >= 4 is 62.4 Å². The SMILES string of the molecule is O=[C]1[In]=[C](NS(=O)(=O)c2ccccc2)C/C1=C(/Nc1ccc(Cl)cc1)c1ccccc1. The first-order chi connectivity index (χ1) is 14.9. The van der Waals surface area contributed by atoms with Crippen molar-refractivity contribution in [3.63, 3.8) is 0 Å². The number of nitrogens with one attached hydrogen (secondary N) is 2. The summed E-state index contributed by atoms with van der Waals surface area (Å²) in [5, 5.41) is 3.97. The summed E-state index contributed by atoms with van der Waals surface area (Å²) in [6.45, 7) is 0. The zero-order valence-electron chi connectivity index (χ0n) is 16.4. The molecular formula is C23H18ClInN2O3S. The van der Waals surface area contributed by atoms with E-state index in [4.69, 9.17) is 11.6 Å². The van der Waals surface area contributed by atoms with E-state index in [1.165, 1.54) is 0 Å². The van der Waals surface area contributed by atoms with Crippen LogP contribution in [0.1, 0.15) is 12.0 Å². The van der Waals surface area contributed by atoms with Crippen LogP contribution in [0.3, 0.4) is 0 Å². The van der Waals surface area contributed by atoms with Crippen molar-refractivity contribution in [1.82, 2.24) is 4.72 Å². The molecule has 154 valence electrons. The van der Waals surface area contributed by atoms with Gasteiger partial charge in [0.05, 0.1) is 0 Å². The van der Waals surface area contributed by atoms with E-state index in [-0.39, 0.29) is 8.44 Å². The van der Waals surface area contributed by atoms with Gasteiger partial charge in [-0.2, -0.15) is 0 Å². The summed E-state index contributed by atoms with van der Waals surface area (Å²) < 4.78 is 28.8. The first-order valence-corrected chi connectivity index (χ1v) is 14.7. The molecule has 1 heterocycles. The molecule has 0 radical (unpaired) electrons. The van der Waals surface area contributed by atoms with Crippen LogP contribution in [0.4, 0.5) is 5.69 Å². The van der Waals surface area contributed by atoms with E-state index in [2.05, 4.69) is 10.0 Å². The molecule has 5 nitrogen and oxygen atoms in total. The molecule has 8 heteroatoms. The van der Waals surface area contributed by atoms with Crippen molar-refractivity contribution in [2.75, 3.05) is 5.32 Å². The average Bonchev–Trinajstić information content (AvgIpc) is 3.13. The first-order valence-electron chi connectivity index (χ1n) is 9.56. The summed E-state index contributed by atoms with van der Waals surface area (Å²) in [5.74, 6) is 0. The number of hydrogen-bond acceptors (Lipinski definition) is 4. The van der Waals surface area contributed by atoms with Gasteiger partial charge in [-0.25, -0.2) is 0 Å². The Kier molecular flexibility index (Phi) is 6.65. The van der Waals surface area contributed by atoms with Gasteiger partial charge in [0, 0.05) is 0 Å². The van der Waals surface area contributed by atoms with Crippen molar-refractivity contribution in [3.05, 3.63) is 101 Å². The topological polar surface area (TPSA) is 75.3 Å². The van der Waals surface area contributed by atoms with Crippen molar-refractivity contribution < 1.29 is 13.2 Å². The Hall–Kier alpha value is -2.35. The first kappa shape index (κ1) is 21.9. The number of sulfonamides is 1. The van der Waals surface area contributed by atoms with Crippen molar-refractivity contribution in [2.24, 2.45) is 0 Å². The van der Waals surface area contributed by atoms with Gasteiger partial charge in [0.25, 0.3) is 0 Å². The Morgan fingerprint density at radius 3 is 2.13 bits per heavy atom. The minimum atomic E-state index is -3.69. The number of hydrogen-bond donors (Lipinski definition) is 2. The molecule has 0 unspecified atom stereocenters. The van der Waals surface area contributed by atoms with Gasteiger partial charge in [0.1, 0.15) is 0 Å². The van der Waals surface area contributed by atoms with Crippen LogP contribution in [0.15, 0.2) is 95.4 Å². The van der Waals surface area contributed by atoms with Gasteiger partial charge >= 0.3 is 198 Å². The van der Waals surface area contributed by atoms with E-state index in [1.54, 1.807) is 42.5 Å². The van der Waals surface area contributed by atoms with E-state index >= 15 is 0 Å². The van der Waals surface area contributed by atoms with Crippen LogP contribution in [0.25, 0.3) is 5.70 Å². The van der Waals surface area contributed by atoms with Crippen LogP contribution in [-0.4, -0.2) is 37.8 Å². The second-order valence-electron chi connectivity index (χ2n) is 6.98. The van der Waals surface area contributed by atoms with Gasteiger partial charge in [-0.15, -0.1) is 0 Å². The molecular weight excluding hydrogens is 535 g/mol. The molecule has 0 bridgehead atoms. The van der Waals surface area contributed by atoms with Crippen molar-refractivity contribution in [1.29, 1.82) is 0 Å². The van der Waals surface area contributed by atoms with Gasteiger partial charge in [-0.05, 0) is 0 Å². The minimum absolute atomic E-state index is 0.0706. The zero-order chi connectivity index (χ0) is 21.8. The number of carbonyl (C=O) groups excluding carboxylic acids is 1. The van der Waals surface area contributed by atoms with E-state index in [1.807, 2.05) is 42.5 Å². The average molecular weight is 553 g/mol. The quantitative estimate of drug-likeness (QED) is 0.455. The molecule has 0 amide bonds. The fourth-order valence-corrected chi connectivity index (χ4v) is 9.33. The molecule has 1 aliphatic rings. The molecule has 3 aromatic carbocycles. The molecule has 1 aliphatic heterocycles. The van der Waals surface area contributed by atoms with E-state index < -0.39 is 32.4 Å². The van der Waals surface area contributed by atoms with Crippen LogP contribution in [0, 0.1) is 0 Å². The second-order valence-corrected chi connectivity index (χ2v) is 13.4. The van der Waals surface area contributed by atoms with Gasteiger partial charge in [-0.3, -0.25) is 0 Å². The molecule has 4 rings (SSSR count). The number of carbonyl (C=O) groups is 1. The molecule has 0 spiro atoms. The molecule has 3 aromatic rings. The van der Waals surface area contributed by atoms with Crippen molar-refractivity contribution in [2.45, 2.75) is 11.3 Å². The summed E-state index contributed by atoms with van der Waals surface area (Å²) in [7, 11) is -3.69. The molecule has 2 N–H and O–H groups in total. The molecule has 0 saturated heterocycles. The Labute approximate surface area is 197 Å². The Morgan fingerprint density at radius 2 is 1.48 bits per heavy atom. The fraction of sp³-hybridized carbons (Fsp3) is 0.0435. The van der Waals surface area contributed by atoms with Gasteiger partial charge < -0.3 is 0 Å². The van der Waals surface area contributed by atoms with E-state index in [9.17, 15) is 13.2 Å². The fourth-order valence-electron chi connectivity index (χ4n) is 3.29. The summed E-state index contributed by atoms with van der Waals surface area (Å²) in [6, 6.07) is 25.0. The Morgan fingerprint density at radius 1 is 0.871 bits per heavy atom. The second kappa shape index (κ2) is 9.42. The molecule has 0 aromatic heterocycles. The predicted octanol–water partition coefficient (Wildman–Crippen LogP) is 3.91. The normalized spacial score (nSPS) is 15.1. The maximum absolute atomic E-state index is 13.0. The van der Waals surface area contributed by atoms with Gasteiger partial charge in [0.2, 0.25) is 0 Å². The third-order valence-corrected chi connectivity index (χ3v) is 10.8. The molecule has 0 atom stereocenters. The molecule has 0 fully saturated rings. The van der Waals surface area contributed by atoms with Gasteiger partial charge in [-0.1, -0.05) is 0 Å². The standard InChI is InChI=1S/C23H18ClN2O3S.In/c24-20-11-13-21(14-12-20)26-23(18-7-3-1-4-8-18)19(17-27)15-16-25-30(28,29)22-9-5-2-6-10-22;/h1-14,25-26H,15H2;/b23-19-;. The number of benzene rings is 3. The summed E-state index contributed by atoms with van der Waals surface area (Å²) in [5.41, 5.74) is 2.99. The summed E-state index contributed by atoms with van der Waals surface area (Å²) in [6.07, 6.45) is 0.302. The number of anilines is 1. The third kappa shape index (κ3) is 5.29. The Balaban J connectivity index is 1.66. The third-order valence-electron chi connectivity index (χ3n) is 4.77. The number of rotatable bonds is 6. The summed E-state index contributed by atoms with van der Waals surface area (Å²) in [4.78, 5) is 13.2. The van der Waals surface area contributed by atoms with Crippen LogP contribution in [0.5, 0.6) is 0 Å². The monoisotopic (exact) mass is 552 g/mol. The van der Waals surface area contributed by atoms with Crippen LogP contribution in [0.2, 0.25) is 5.02 Å². The van der Waals surface area contributed by atoms with E-state index in [0.29, 0.717) is 26.1 Å². The van der Waals surface area contributed by atoms with E-state index in [0.717, 1.165) is 11.3 Å². The zero-order valence-corrected chi connectivity index (χ0v) is 21.2.